The number of thiophene rings is 1. The first-order valence-electron chi connectivity index (χ1n) is 17.3. The van der Waals surface area contributed by atoms with Crippen molar-refractivity contribution in [2.45, 2.75) is 0 Å². The predicted octanol–water partition coefficient (Wildman–Crippen LogP) is 13.1. The van der Waals surface area contributed by atoms with Gasteiger partial charge in [0.15, 0.2) is 17.5 Å². The molecule has 0 atom stereocenters. The monoisotopic (exact) mass is 681 g/mol. The molecule has 0 amide bonds. The molecule has 11 aromatic rings. The molecule has 0 aliphatic heterocycles. The highest BCUT2D eigenvalue weighted by Crippen LogP contribution is 2.40. The molecule has 0 fully saturated rings. The lowest BCUT2D eigenvalue weighted by molar-refractivity contribution is 0.669. The Morgan fingerprint density at radius 3 is 1.88 bits per heavy atom. The molecule has 0 unspecified atom stereocenters. The van der Waals surface area contributed by atoms with Gasteiger partial charge in [0.25, 0.3) is 0 Å². The third-order valence-corrected chi connectivity index (χ3v) is 11.3. The van der Waals surface area contributed by atoms with Gasteiger partial charge in [0.1, 0.15) is 11.2 Å². The summed E-state index contributed by atoms with van der Waals surface area (Å²) >= 11 is 1.81. The number of aromatic nitrogens is 3. The minimum absolute atomic E-state index is 0.624. The number of rotatable bonds is 4. The average molecular weight is 682 g/mol. The lowest BCUT2D eigenvalue weighted by atomic mass is 9.96. The van der Waals surface area contributed by atoms with E-state index in [9.17, 15) is 0 Å². The molecule has 0 saturated carbocycles. The van der Waals surface area contributed by atoms with E-state index in [1.807, 2.05) is 29.5 Å². The lowest BCUT2D eigenvalue weighted by Crippen LogP contribution is -2.01. The van der Waals surface area contributed by atoms with Gasteiger partial charge in [-0.1, -0.05) is 115 Å². The number of fused-ring (bicyclic) bond motifs is 9. The SMILES string of the molecule is c1cc(-c2nc(-c3ccc4sc5ccccc5c4c3)nc(-c3cc4ccccc4c4ccccc34)n2)cc(-c2cccc3oc4ccccc4c23)c1. The Bertz CT molecular complexity index is 3210. The van der Waals surface area contributed by atoms with Crippen molar-refractivity contribution in [1.29, 1.82) is 0 Å². The Hall–Kier alpha value is -6.69. The van der Waals surface area contributed by atoms with Gasteiger partial charge in [0.05, 0.1) is 0 Å². The third-order valence-electron chi connectivity index (χ3n) is 10.1. The van der Waals surface area contributed by atoms with Crippen LogP contribution in [0, 0.1) is 0 Å². The fourth-order valence-electron chi connectivity index (χ4n) is 7.70. The van der Waals surface area contributed by atoms with Crippen molar-refractivity contribution in [3.05, 3.63) is 164 Å². The molecule has 0 bridgehead atoms. The van der Waals surface area contributed by atoms with Crippen LogP contribution in [0.2, 0.25) is 0 Å². The fraction of sp³-hybridized carbons (Fsp3) is 0. The van der Waals surface area contributed by atoms with Gasteiger partial charge in [-0.15, -0.1) is 11.3 Å². The normalized spacial score (nSPS) is 11.8. The molecule has 52 heavy (non-hydrogen) atoms. The van der Waals surface area contributed by atoms with Crippen molar-refractivity contribution in [1.82, 2.24) is 15.0 Å². The van der Waals surface area contributed by atoms with E-state index in [4.69, 9.17) is 19.4 Å². The molecule has 0 spiro atoms. The molecule has 242 valence electrons. The highest BCUT2D eigenvalue weighted by atomic mass is 32.1. The number of nitrogens with zero attached hydrogens (tertiary/aromatic N) is 3. The minimum atomic E-state index is 0.624. The molecule has 11 rings (SSSR count). The van der Waals surface area contributed by atoms with Gasteiger partial charge in [-0.05, 0) is 81.2 Å². The van der Waals surface area contributed by atoms with E-state index in [0.717, 1.165) is 60.5 Å². The Balaban J connectivity index is 1.15. The van der Waals surface area contributed by atoms with Gasteiger partial charge in [-0.2, -0.15) is 0 Å². The quantitative estimate of drug-likeness (QED) is 0.174. The van der Waals surface area contributed by atoms with Crippen LogP contribution in [-0.4, -0.2) is 15.0 Å². The second-order valence-corrected chi connectivity index (χ2v) is 14.2. The Morgan fingerprint density at radius 2 is 1.00 bits per heavy atom. The van der Waals surface area contributed by atoms with Crippen LogP contribution in [-0.2, 0) is 0 Å². The molecule has 5 heteroatoms. The smallest absolute Gasteiger partial charge is 0.164 e. The van der Waals surface area contributed by atoms with Gasteiger partial charge in [0.2, 0.25) is 0 Å². The van der Waals surface area contributed by atoms with E-state index in [-0.39, 0.29) is 0 Å². The van der Waals surface area contributed by atoms with Crippen molar-refractivity contribution in [3.8, 4) is 45.3 Å². The number of para-hydroxylation sites is 1. The zero-order valence-electron chi connectivity index (χ0n) is 27.7. The first kappa shape index (κ1) is 29.1. The zero-order valence-corrected chi connectivity index (χ0v) is 28.6. The van der Waals surface area contributed by atoms with Crippen molar-refractivity contribution < 1.29 is 4.42 Å². The second-order valence-electron chi connectivity index (χ2n) is 13.2. The van der Waals surface area contributed by atoms with Crippen molar-refractivity contribution in [2.24, 2.45) is 0 Å². The molecule has 3 heterocycles. The van der Waals surface area contributed by atoms with Gasteiger partial charge < -0.3 is 4.42 Å². The van der Waals surface area contributed by atoms with Crippen LogP contribution < -0.4 is 0 Å². The maximum Gasteiger partial charge on any atom is 0.164 e. The van der Waals surface area contributed by atoms with Crippen LogP contribution in [0.4, 0.5) is 0 Å². The Kier molecular flexibility index (Phi) is 6.39. The van der Waals surface area contributed by atoms with Crippen molar-refractivity contribution >= 4 is 75.0 Å². The van der Waals surface area contributed by atoms with Gasteiger partial charge in [-0.25, -0.2) is 15.0 Å². The molecular weight excluding hydrogens is 655 g/mol. The highest BCUT2D eigenvalue weighted by Gasteiger charge is 2.18. The van der Waals surface area contributed by atoms with E-state index in [2.05, 4.69) is 146 Å². The largest absolute Gasteiger partial charge is 0.456 e. The third kappa shape index (κ3) is 4.57. The van der Waals surface area contributed by atoms with E-state index >= 15 is 0 Å². The zero-order chi connectivity index (χ0) is 34.2. The minimum Gasteiger partial charge on any atom is -0.456 e. The van der Waals surface area contributed by atoms with E-state index in [1.54, 1.807) is 0 Å². The maximum atomic E-state index is 6.24. The molecule has 0 radical (unpaired) electrons. The van der Waals surface area contributed by atoms with E-state index in [0.29, 0.717) is 17.5 Å². The summed E-state index contributed by atoms with van der Waals surface area (Å²) in [6, 6.07) is 57.4. The summed E-state index contributed by atoms with van der Waals surface area (Å²) in [6.45, 7) is 0. The fourth-order valence-corrected chi connectivity index (χ4v) is 8.79. The molecule has 0 N–H and O–H groups in total. The van der Waals surface area contributed by atoms with Crippen LogP contribution in [0.15, 0.2) is 168 Å². The maximum absolute atomic E-state index is 6.24. The first-order chi connectivity index (χ1) is 25.7. The summed E-state index contributed by atoms with van der Waals surface area (Å²) in [4.78, 5) is 15.7. The van der Waals surface area contributed by atoms with E-state index < -0.39 is 0 Å². The second kappa shape index (κ2) is 11.4. The average Bonchev–Trinajstić information content (AvgIpc) is 3.79. The van der Waals surface area contributed by atoms with Gasteiger partial charge in [-0.3, -0.25) is 0 Å². The summed E-state index contributed by atoms with van der Waals surface area (Å²) in [5, 5.41) is 9.29. The number of furan rings is 1. The molecule has 0 saturated heterocycles. The summed E-state index contributed by atoms with van der Waals surface area (Å²) in [6.07, 6.45) is 0. The standard InChI is InChI=1S/C47H27N3OS/c1-2-14-32-29(11-1)26-39(35-16-4-3-15-34(32)35)47-49-45(48-46(50-47)31-23-24-43-38(27-31)36-17-6-8-22-42(36)52-43)30-13-9-12-28(25-30)33-19-10-21-41-44(33)37-18-5-7-20-40(37)51-41/h1-27H. The molecular formula is C47H27N3OS. The number of hydrogen-bond acceptors (Lipinski definition) is 5. The van der Waals surface area contributed by atoms with Gasteiger partial charge in [0, 0.05) is 47.6 Å². The molecule has 4 nitrogen and oxygen atoms in total. The Morgan fingerprint density at radius 1 is 0.365 bits per heavy atom. The summed E-state index contributed by atoms with van der Waals surface area (Å²) in [7, 11) is 0. The first-order valence-corrected chi connectivity index (χ1v) is 18.2. The van der Waals surface area contributed by atoms with Crippen LogP contribution in [0.25, 0.3) is 109 Å². The van der Waals surface area contributed by atoms with Crippen LogP contribution in [0.3, 0.4) is 0 Å². The lowest BCUT2D eigenvalue weighted by Gasteiger charge is -2.13. The van der Waals surface area contributed by atoms with Crippen LogP contribution in [0.5, 0.6) is 0 Å². The summed E-state index contributed by atoms with van der Waals surface area (Å²) in [5.41, 5.74) is 6.78. The van der Waals surface area contributed by atoms with Crippen molar-refractivity contribution in [2.75, 3.05) is 0 Å². The molecule has 0 aliphatic carbocycles. The highest BCUT2D eigenvalue weighted by molar-refractivity contribution is 7.25. The molecule has 3 aromatic heterocycles. The topological polar surface area (TPSA) is 51.8 Å². The van der Waals surface area contributed by atoms with E-state index in [1.165, 1.54) is 30.9 Å². The number of benzene rings is 8. The van der Waals surface area contributed by atoms with Gasteiger partial charge >= 0.3 is 0 Å². The number of hydrogen-bond donors (Lipinski definition) is 0. The summed E-state index contributed by atoms with van der Waals surface area (Å²) in [5.74, 6) is 1.91. The Labute approximate surface area is 302 Å². The molecule has 0 aliphatic rings. The van der Waals surface area contributed by atoms with Crippen molar-refractivity contribution in [3.63, 3.8) is 0 Å². The molecule has 8 aromatic carbocycles. The summed E-state index contributed by atoms with van der Waals surface area (Å²) < 4.78 is 8.76. The predicted molar refractivity (Wildman–Crippen MR) is 217 cm³/mol. The van der Waals surface area contributed by atoms with Crippen LogP contribution >= 0.6 is 11.3 Å². The van der Waals surface area contributed by atoms with Crippen LogP contribution in [0.1, 0.15) is 0 Å².